The number of nitrogens with zero attached hydrogens (tertiary/aromatic N) is 1. The Kier molecular flexibility index (Phi) is 3.91. The molecular weight excluding hydrogens is 356 g/mol. The van der Waals surface area contributed by atoms with Gasteiger partial charge in [0, 0.05) is 24.6 Å². The molecule has 4 rings (SSSR count). The average molecular weight is 375 g/mol. The lowest BCUT2D eigenvalue weighted by Gasteiger charge is -2.26. The Morgan fingerprint density at radius 1 is 1.08 bits per heavy atom. The van der Waals surface area contributed by atoms with Gasteiger partial charge in [-0.2, -0.15) is 0 Å². The summed E-state index contributed by atoms with van der Waals surface area (Å²) in [6, 6.07) is 15.7. The van der Waals surface area contributed by atoms with Gasteiger partial charge in [0.05, 0.1) is 10.3 Å². The van der Waals surface area contributed by atoms with Gasteiger partial charge in [0.1, 0.15) is 0 Å². The Hall–Kier alpha value is -2.21. The van der Waals surface area contributed by atoms with Gasteiger partial charge < -0.3 is 0 Å². The fraction of sp³-hybridized carbons (Fsp3) is 0.300. The second-order valence-corrected chi connectivity index (χ2v) is 8.89. The number of sulfonamides is 1. The van der Waals surface area contributed by atoms with Gasteiger partial charge in [-0.25, -0.2) is 17.2 Å². The second-order valence-electron chi connectivity index (χ2n) is 7.00. The number of fused-ring (bicyclic) bond motifs is 1. The molecular formula is C20H19F2NO2S. The molecule has 1 heterocycles. The van der Waals surface area contributed by atoms with Crippen molar-refractivity contribution in [1.82, 2.24) is 4.31 Å². The van der Waals surface area contributed by atoms with Gasteiger partial charge >= 0.3 is 0 Å². The molecule has 3 atom stereocenters. The molecule has 0 N–H and O–H groups in total. The normalized spacial score (nSPS) is 27.5. The third-order valence-corrected chi connectivity index (χ3v) is 7.30. The van der Waals surface area contributed by atoms with E-state index in [0.717, 1.165) is 11.1 Å². The molecule has 1 aliphatic heterocycles. The fourth-order valence-electron chi connectivity index (χ4n) is 4.04. The van der Waals surface area contributed by atoms with E-state index in [9.17, 15) is 17.2 Å². The van der Waals surface area contributed by atoms with Crippen LogP contribution in [-0.4, -0.2) is 25.7 Å². The van der Waals surface area contributed by atoms with E-state index in [-0.39, 0.29) is 17.4 Å². The SMILES string of the molecule is Cc1ccc(S(=O)(=O)N2C=C[C@]3(C(F)F)[C@H](C2)[C@H]3c2ccccc2)cc1. The van der Waals surface area contributed by atoms with E-state index < -0.39 is 27.8 Å². The zero-order valence-corrected chi connectivity index (χ0v) is 15.0. The molecule has 2 aliphatic rings. The van der Waals surface area contributed by atoms with Crippen LogP contribution < -0.4 is 0 Å². The highest BCUT2D eigenvalue weighted by Crippen LogP contribution is 2.70. The molecule has 1 saturated carbocycles. The van der Waals surface area contributed by atoms with Crippen molar-refractivity contribution in [2.75, 3.05) is 6.54 Å². The smallest absolute Gasteiger partial charge is 0.263 e. The molecule has 6 heteroatoms. The number of aryl methyl sites for hydroxylation is 1. The molecule has 1 aliphatic carbocycles. The summed E-state index contributed by atoms with van der Waals surface area (Å²) in [5.41, 5.74) is 0.527. The Bertz CT molecular complexity index is 942. The van der Waals surface area contributed by atoms with Gasteiger partial charge in [-0.15, -0.1) is 0 Å². The van der Waals surface area contributed by atoms with Crippen molar-refractivity contribution in [3.05, 3.63) is 78.0 Å². The van der Waals surface area contributed by atoms with Gasteiger partial charge in [-0.3, -0.25) is 4.31 Å². The zero-order valence-electron chi connectivity index (χ0n) is 14.2. The highest BCUT2D eigenvalue weighted by Gasteiger charge is 2.70. The molecule has 0 amide bonds. The summed E-state index contributed by atoms with van der Waals surface area (Å²) in [6.45, 7) is 1.94. The third kappa shape index (κ3) is 2.47. The number of halogens is 2. The summed E-state index contributed by atoms with van der Waals surface area (Å²) in [6.07, 6.45) is 0.189. The molecule has 2 aromatic carbocycles. The van der Waals surface area contributed by atoms with Crippen molar-refractivity contribution in [2.24, 2.45) is 11.3 Å². The lowest BCUT2D eigenvalue weighted by molar-refractivity contribution is 0.0713. The number of rotatable bonds is 4. The topological polar surface area (TPSA) is 37.4 Å². The molecule has 136 valence electrons. The van der Waals surface area contributed by atoms with Crippen LogP contribution in [0.1, 0.15) is 17.0 Å². The van der Waals surface area contributed by atoms with Crippen LogP contribution in [0.3, 0.4) is 0 Å². The molecule has 0 bridgehead atoms. The minimum atomic E-state index is -3.74. The van der Waals surface area contributed by atoms with Crippen molar-refractivity contribution in [3.8, 4) is 0 Å². The molecule has 26 heavy (non-hydrogen) atoms. The maximum atomic E-state index is 13.9. The van der Waals surface area contributed by atoms with E-state index in [2.05, 4.69) is 0 Å². The highest BCUT2D eigenvalue weighted by atomic mass is 32.2. The lowest BCUT2D eigenvalue weighted by Crippen LogP contribution is -2.33. The first kappa shape index (κ1) is 17.2. The van der Waals surface area contributed by atoms with Crippen LogP contribution in [0.15, 0.2) is 71.8 Å². The first-order chi connectivity index (χ1) is 12.4. The van der Waals surface area contributed by atoms with E-state index in [1.807, 2.05) is 37.3 Å². The first-order valence-electron chi connectivity index (χ1n) is 8.48. The van der Waals surface area contributed by atoms with Crippen LogP contribution in [0.4, 0.5) is 8.78 Å². The predicted molar refractivity (Wildman–Crippen MR) is 95.3 cm³/mol. The number of benzene rings is 2. The Balaban J connectivity index is 1.67. The maximum Gasteiger partial charge on any atom is 0.263 e. The Morgan fingerprint density at radius 3 is 2.35 bits per heavy atom. The summed E-state index contributed by atoms with van der Waals surface area (Å²) in [5.74, 6) is -0.784. The molecule has 0 spiro atoms. The van der Waals surface area contributed by atoms with E-state index >= 15 is 0 Å². The summed E-state index contributed by atoms with van der Waals surface area (Å²) < 4.78 is 54.6. The van der Waals surface area contributed by atoms with Crippen molar-refractivity contribution in [1.29, 1.82) is 0 Å². The molecule has 0 aromatic heterocycles. The summed E-state index contributed by atoms with van der Waals surface area (Å²) in [4.78, 5) is 0.175. The van der Waals surface area contributed by atoms with Crippen molar-refractivity contribution >= 4 is 10.0 Å². The summed E-state index contributed by atoms with van der Waals surface area (Å²) >= 11 is 0. The summed E-state index contributed by atoms with van der Waals surface area (Å²) in [7, 11) is -3.74. The molecule has 0 unspecified atom stereocenters. The van der Waals surface area contributed by atoms with Crippen LogP contribution in [0, 0.1) is 18.3 Å². The summed E-state index contributed by atoms with van der Waals surface area (Å²) in [5, 5.41) is 0. The van der Waals surface area contributed by atoms with Crippen LogP contribution in [0.2, 0.25) is 0 Å². The molecule has 1 fully saturated rings. The largest absolute Gasteiger partial charge is 0.273 e. The van der Waals surface area contributed by atoms with Gasteiger partial charge in [0.25, 0.3) is 10.0 Å². The van der Waals surface area contributed by atoms with Crippen molar-refractivity contribution in [3.63, 3.8) is 0 Å². The van der Waals surface area contributed by atoms with Crippen molar-refractivity contribution in [2.45, 2.75) is 24.2 Å². The van der Waals surface area contributed by atoms with Crippen LogP contribution in [-0.2, 0) is 10.0 Å². The quantitative estimate of drug-likeness (QED) is 0.804. The van der Waals surface area contributed by atoms with Gasteiger partial charge in [0.2, 0.25) is 6.43 Å². The number of allylic oxidation sites excluding steroid dienone is 1. The van der Waals surface area contributed by atoms with E-state index in [1.54, 1.807) is 24.3 Å². The minimum Gasteiger partial charge on any atom is -0.273 e. The Morgan fingerprint density at radius 2 is 1.73 bits per heavy atom. The highest BCUT2D eigenvalue weighted by molar-refractivity contribution is 7.89. The fourth-order valence-corrected chi connectivity index (χ4v) is 5.37. The van der Waals surface area contributed by atoms with Crippen LogP contribution >= 0.6 is 0 Å². The monoisotopic (exact) mass is 375 g/mol. The number of hydrogen-bond acceptors (Lipinski definition) is 2. The second kappa shape index (κ2) is 5.91. The van der Waals surface area contributed by atoms with E-state index in [4.69, 9.17) is 0 Å². The van der Waals surface area contributed by atoms with Crippen LogP contribution in [0.25, 0.3) is 0 Å². The lowest BCUT2D eigenvalue weighted by atomic mass is 9.98. The van der Waals surface area contributed by atoms with Gasteiger partial charge in [-0.05, 0) is 24.6 Å². The average Bonchev–Trinajstić information content (AvgIpc) is 3.32. The molecule has 3 nitrogen and oxygen atoms in total. The Labute approximate surface area is 152 Å². The first-order valence-corrected chi connectivity index (χ1v) is 9.92. The minimum absolute atomic E-state index is 0.0661. The number of alkyl halides is 2. The van der Waals surface area contributed by atoms with E-state index in [1.165, 1.54) is 16.6 Å². The van der Waals surface area contributed by atoms with Gasteiger partial charge in [0.15, 0.2) is 0 Å². The number of hydrogen-bond donors (Lipinski definition) is 0. The van der Waals surface area contributed by atoms with Crippen LogP contribution in [0.5, 0.6) is 0 Å². The third-order valence-electron chi connectivity index (χ3n) is 5.54. The predicted octanol–water partition coefficient (Wildman–Crippen LogP) is 4.18. The zero-order chi connectivity index (χ0) is 18.5. The van der Waals surface area contributed by atoms with E-state index in [0.29, 0.717) is 0 Å². The van der Waals surface area contributed by atoms with Gasteiger partial charge in [-0.1, -0.05) is 54.1 Å². The molecule has 2 aromatic rings. The molecule has 0 saturated heterocycles. The maximum absolute atomic E-state index is 13.9. The molecule has 0 radical (unpaired) electrons. The standard InChI is InChI=1S/C20H19F2NO2S/c1-14-7-9-16(10-8-14)26(24,25)23-12-11-20(19(21)22)17(13-23)18(20)15-5-3-2-4-6-15/h2-12,17-19H,13H2,1H3/t17-,18-,20+/m1/s1. The van der Waals surface area contributed by atoms with Crippen molar-refractivity contribution < 1.29 is 17.2 Å².